The molecule has 1 aliphatic heterocycles. The lowest BCUT2D eigenvalue weighted by molar-refractivity contribution is -0.145. The van der Waals surface area contributed by atoms with E-state index in [4.69, 9.17) is 9.47 Å². The third-order valence-electron chi connectivity index (χ3n) is 6.91. The predicted molar refractivity (Wildman–Crippen MR) is 130 cm³/mol. The Morgan fingerprint density at radius 2 is 1.63 bits per heavy atom. The number of carboxylic acids is 1. The van der Waals surface area contributed by atoms with Crippen LogP contribution in [0.3, 0.4) is 0 Å². The van der Waals surface area contributed by atoms with E-state index in [1.807, 2.05) is 24.3 Å². The number of aliphatic carboxylic acids is 1. The number of nitrogens with one attached hydrogen (secondary N) is 2. The highest BCUT2D eigenvalue weighted by atomic mass is 16.6. The molecule has 2 amide bonds. The maximum Gasteiger partial charge on any atom is 0.407 e. The number of benzene rings is 2. The zero-order valence-electron chi connectivity index (χ0n) is 20.2. The zero-order chi connectivity index (χ0) is 25.1. The van der Waals surface area contributed by atoms with Crippen LogP contribution in [-0.4, -0.2) is 54.5 Å². The Morgan fingerprint density at radius 3 is 2.20 bits per heavy atom. The fourth-order valence-electron chi connectivity index (χ4n) is 5.26. The van der Waals surface area contributed by atoms with Crippen molar-refractivity contribution in [2.75, 3.05) is 13.2 Å². The molecule has 1 heterocycles. The van der Waals surface area contributed by atoms with Gasteiger partial charge in [-0.15, -0.1) is 0 Å². The van der Waals surface area contributed by atoms with E-state index in [0.717, 1.165) is 22.3 Å². The molecule has 1 saturated heterocycles. The summed E-state index contributed by atoms with van der Waals surface area (Å²) in [5.74, 6) is -2.34. The van der Waals surface area contributed by atoms with Crippen molar-refractivity contribution < 1.29 is 29.0 Å². The van der Waals surface area contributed by atoms with Crippen molar-refractivity contribution in [2.24, 2.45) is 11.8 Å². The molecule has 8 heteroatoms. The summed E-state index contributed by atoms with van der Waals surface area (Å²) in [6.07, 6.45) is -1.05. The van der Waals surface area contributed by atoms with Gasteiger partial charge < -0.3 is 25.2 Å². The van der Waals surface area contributed by atoms with E-state index in [-0.39, 0.29) is 18.4 Å². The normalized spacial score (nSPS) is 20.6. The van der Waals surface area contributed by atoms with Gasteiger partial charge in [0.15, 0.2) is 6.10 Å². The summed E-state index contributed by atoms with van der Waals surface area (Å²) in [5, 5.41) is 15.0. The van der Waals surface area contributed by atoms with E-state index in [0.29, 0.717) is 13.0 Å². The molecule has 4 unspecified atom stereocenters. The quantitative estimate of drug-likeness (QED) is 0.533. The Labute approximate surface area is 205 Å². The Balaban J connectivity index is 1.35. The lowest BCUT2D eigenvalue weighted by Crippen LogP contribution is -2.52. The van der Waals surface area contributed by atoms with Gasteiger partial charge in [0.1, 0.15) is 6.61 Å². The van der Waals surface area contributed by atoms with E-state index in [1.165, 1.54) is 0 Å². The molecule has 2 aliphatic rings. The third-order valence-corrected chi connectivity index (χ3v) is 6.91. The van der Waals surface area contributed by atoms with Crippen LogP contribution in [0.2, 0.25) is 0 Å². The maximum atomic E-state index is 12.8. The third kappa shape index (κ3) is 5.17. The number of rotatable bonds is 8. The number of fused-ring (bicyclic) bond motifs is 3. The van der Waals surface area contributed by atoms with Crippen LogP contribution in [-0.2, 0) is 19.1 Å². The van der Waals surface area contributed by atoms with Gasteiger partial charge in [-0.1, -0.05) is 62.4 Å². The molecular weight excluding hydrogens is 448 g/mol. The number of carboxylic acid groups (broad SMARTS) is 1. The molecule has 0 aromatic heterocycles. The molecule has 4 rings (SSSR count). The van der Waals surface area contributed by atoms with Crippen LogP contribution < -0.4 is 10.6 Å². The highest BCUT2D eigenvalue weighted by Gasteiger charge is 2.38. The first kappa shape index (κ1) is 24.7. The van der Waals surface area contributed by atoms with Crippen molar-refractivity contribution in [3.8, 4) is 11.1 Å². The van der Waals surface area contributed by atoms with Gasteiger partial charge in [0.2, 0.25) is 0 Å². The van der Waals surface area contributed by atoms with Crippen LogP contribution in [0.25, 0.3) is 11.1 Å². The lowest BCUT2D eigenvalue weighted by atomic mass is 9.89. The maximum absolute atomic E-state index is 12.8. The van der Waals surface area contributed by atoms with Gasteiger partial charge in [-0.2, -0.15) is 0 Å². The minimum atomic E-state index is -0.964. The van der Waals surface area contributed by atoms with Crippen LogP contribution >= 0.6 is 0 Å². The first-order chi connectivity index (χ1) is 16.8. The van der Waals surface area contributed by atoms with E-state index >= 15 is 0 Å². The summed E-state index contributed by atoms with van der Waals surface area (Å²) < 4.78 is 11.2. The topological polar surface area (TPSA) is 114 Å². The van der Waals surface area contributed by atoms with Crippen molar-refractivity contribution in [1.82, 2.24) is 10.6 Å². The molecule has 1 aliphatic carbocycles. The highest BCUT2D eigenvalue weighted by Crippen LogP contribution is 2.44. The first-order valence-corrected chi connectivity index (χ1v) is 12.0. The second kappa shape index (κ2) is 10.5. The highest BCUT2D eigenvalue weighted by molar-refractivity contribution is 5.84. The Hall–Kier alpha value is -3.39. The van der Waals surface area contributed by atoms with E-state index in [1.54, 1.807) is 20.8 Å². The summed E-state index contributed by atoms with van der Waals surface area (Å²) >= 11 is 0. The summed E-state index contributed by atoms with van der Waals surface area (Å²) in [6.45, 7) is 5.76. The van der Waals surface area contributed by atoms with Crippen LogP contribution in [0.15, 0.2) is 48.5 Å². The number of hydrogen-bond donors (Lipinski definition) is 3. The molecule has 0 saturated carbocycles. The van der Waals surface area contributed by atoms with Crippen molar-refractivity contribution in [3.63, 3.8) is 0 Å². The molecule has 0 spiro atoms. The molecular formula is C27H32N2O6. The average molecular weight is 481 g/mol. The molecule has 3 N–H and O–H groups in total. The molecule has 0 bridgehead atoms. The minimum absolute atomic E-state index is 0.0584. The average Bonchev–Trinajstić information content (AvgIpc) is 3.39. The van der Waals surface area contributed by atoms with Gasteiger partial charge in [-0.3, -0.25) is 9.59 Å². The second-order valence-corrected chi connectivity index (χ2v) is 9.56. The largest absolute Gasteiger partial charge is 0.481 e. The summed E-state index contributed by atoms with van der Waals surface area (Å²) in [5.41, 5.74) is 4.53. The smallest absolute Gasteiger partial charge is 0.407 e. The van der Waals surface area contributed by atoms with E-state index in [9.17, 15) is 19.5 Å². The molecule has 35 heavy (non-hydrogen) atoms. The Bertz CT molecular complexity index is 1060. The van der Waals surface area contributed by atoms with Crippen molar-refractivity contribution in [2.45, 2.75) is 51.3 Å². The number of amides is 2. The number of alkyl carbamates (subject to hydrolysis) is 1. The predicted octanol–water partition coefficient (Wildman–Crippen LogP) is 3.54. The number of hydrogen-bond acceptors (Lipinski definition) is 5. The van der Waals surface area contributed by atoms with E-state index in [2.05, 4.69) is 34.9 Å². The molecule has 8 nitrogen and oxygen atoms in total. The monoisotopic (exact) mass is 480 g/mol. The Morgan fingerprint density at radius 1 is 1.03 bits per heavy atom. The zero-order valence-corrected chi connectivity index (χ0v) is 20.2. The molecule has 1 fully saturated rings. The van der Waals surface area contributed by atoms with Gasteiger partial charge >= 0.3 is 12.1 Å². The van der Waals surface area contributed by atoms with Crippen molar-refractivity contribution in [1.29, 1.82) is 0 Å². The van der Waals surface area contributed by atoms with Crippen LogP contribution in [0.5, 0.6) is 0 Å². The number of carbonyl (C=O) groups excluding carboxylic acids is 2. The Kier molecular flexibility index (Phi) is 7.40. The van der Waals surface area contributed by atoms with Gasteiger partial charge in [0, 0.05) is 18.6 Å². The van der Waals surface area contributed by atoms with Gasteiger partial charge in [-0.05, 0) is 41.5 Å². The summed E-state index contributed by atoms with van der Waals surface area (Å²) in [6, 6.07) is 15.1. The lowest BCUT2D eigenvalue weighted by Gasteiger charge is -2.27. The first-order valence-electron chi connectivity index (χ1n) is 12.0. The van der Waals surface area contributed by atoms with Gasteiger partial charge in [0.25, 0.3) is 5.91 Å². The van der Waals surface area contributed by atoms with Crippen molar-refractivity contribution >= 4 is 18.0 Å². The number of carbonyl (C=O) groups is 3. The minimum Gasteiger partial charge on any atom is -0.481 e. The molecule has 2 aromatic rings. The summed E-state index contributed by atoms with van der Waals surface area (Å²) in [4.78, 5) is 37.1. The molecule has 0 radical (unpaired) electrons. The van der Waals surface area contributed by atoms with Gasteiger partial charge in [0.05, 0.1) is 12.0 Å². The van der Waals surface area contributed by atoms with Crippen LogP contribution in [0.4, 0.5) is 4.79 Å². The second-order valence-electron chi connectivity index (χ2n) is 9.56. The summed E-state index contributed by atoms with van der Waals surface area (Å²) in [7, 11) is 0. The standard InChI is InChI=1S/C27H32N2O6/c1-15(2)23(26(31)32)16(3)28-25(30)24-22(12-13-34-24)29-27(33)35-14-21-19-10-6-4-8-17(19)18-9-5-7-11-20(18)21/h4-11,15-16,21-24H,12-14H2,1-3H3,(H,28,30)(H,29,33)(H,31,32). The number of ether oxygens (including phenoxy) is 2. The van der Waals surface area contributed by atoms with Crippen LogP contribution in [0.1, 0.15) is 44.2 Å². The fraction of sp³-hybridized carbons (Fsp3) is 0.444. The SMILES string of the molecule is CC(C)C(C(=O)O)C(C)NC(=O)C1OCCC1NC(=O)OCC1c2ccccc2-c2ccccc21. The van der Waals surface area contributed by atoms with Gasteiger partial charge in [-0.25, -0.2) is 4.79 Å². The molecule has 4 atom stereocenters. The van der Waals surface area contributed by atoms with Crippen LogP contribution in [0, 0.1) is 11.8 Å². The van der Waals surface area contributed by atoms with E-state index < -0.39 is 42.1 Å². The molecule has 186 valence electrons. The molecule has 2 aromatic carbocycles. The van der Waals surface area contributed by atoms with Crippen molar-refractivity contribution in [3.05, 3.63) is 59.7 Å². The fourth-order valence-corrected chi connectivity index (χ4v) is 5.26.